The van der Waals surface area contributed by atoms with Crippen molar-refractivity contribution >= 4 is 18.0 Å². The number of carbonyl (C=O) groups is 2. The molecule has 6 heteroatoms. The quantitative estimate of drug-likeness (QED) is 0.756. The largest absolute Gasteiger partial charge is 0.473 e. The number of rotatable bonds is 5. The number of nitrogens with zero attached hydrogens (tertiary/aromatic N) is 2. The van der Waals surface area contributed by atoms with Gasteiger partial charge in [0.2, 0.25) is 0 Å². The predicted octanol–water partition coefficient (Wildman–Crippen LogP) is 3.06. The van der Waals surface area contributed by atoms with E-state index in [1.807, 2.05) is 0 Å². The highest BCUT2D eigenvalue weighted by Gasteiger charge is 2.16. The van der Waals surface area contributed by atoms with Gasteiger partial charge in [0.15, 0.2) is 0 Å². The summed E-state index contributed by atoms with van der Waals surface area (Å²) in [6, 6.07) is 21.4. The van der Waals surface area contributed by atoms with Gasteiger partial charge in [0, 0.05) is 39.3 Å². The van der Waals surface area contributed by atoms with Crippen LogP contribution in [0.3, 0.4) is 0 Å². The van der Waals surface area contributed by atoms with Crippen LogP contribution in [-0.2, 0) is 16.1 Å². The molecule has 1 heterocycles. The summed E-state index contributed by atoms with van der Waals surface area (Å²) in [6.45, 7) is 9.03. The predicted molar refractivity (Wildman–Crippen MR) is 114 cm³/mol. The lowest BCUT2D eigenvalue weighted by molar-refractivity contribution is -0.159. The highest BCUT2D eigenvalue weighted by molar-refractivity contribution is 6.27. The SMILES string of the molecule is C/C(=C\c1ccccc1)CN1CCN(Cc2ccccc2)CC1.O=C(O)C(=O)O. The van der Waals surface area contributed by atoms with Crippen molar-refractivity contribution in [1.29, 1.82) is 0 Å². The van der Waals surface area contributed by atoms with E-state index >= 15 is 0 Å². The second kappa shape index (κ2) is 11.8. The number of carboxylic acid groups (broad SMARTS) is 2. The minimum absolute atomic E-state index is 1.08. The molecule has 0 unspecified atom stereocenters. The van der Waals surface area contributed by atoms with E-state index in [4.69, 9.17) is 19.8 Å². The molecule has 0 saturated carbocycles. The van der Waals surface area contributed by atoms with Gasteiger partial charge in [-0.25, -0.2) is 9.59 Å². The van der Waals surface area contributed by atoms with Crippen LogP contribution in [0.4, 0.5) is 0 Å². The first-order valence-corrected chi connectivity index (χ1v) is 9.61. The molecule has 1 aliphatic rings. The summed E-state index contributed by atoms with van der Waals surface area (Å²) < 4.78 is 0. The van der Waals surface area contributed by atoms with Crippen molar-refractivity contribution in [2.45, 2.75) is 13.5 Å². The normalized spacial score (nSPS) is 15.3. The van der Waals surface area contributed by atoms with E-state index in [2.05, 4.69) is 83.5 Å². The lowest BCUT2D eigenvalue weighted by Gasteiger charge is -2.34. The van der Waals surface area contributed by atoms with Gasteiger partial charge in [0.05, 0.1) is 0 Å². The van der Waals surface area contributed by atoms with E-state index in [-0.39, 0.29) is 0 Å². The van der Waals surface area contributed by atoms with Crippen molar-refractivity contribution < 1.29 is 19.8 Å². The summed E-state index contributed by atoms with van der Waals surface area (Å²) in [6.07, 6.45) is 2.30. The van der Waals surface area contributed by atoms with Gasteiger partial charge in [0.1, 0.15) is 0 Å². The number of piperazine rings is 1. The van der Waals surface area contributed by atoms with Crippen molar-refractivity contribution in [3.8, 4) is 0 Å². The van der Waals surface area contributed by atoms with Crippen molar-refractivity contribution in [3.05, 3.63) is 77.4 Å². The van der Waals surface area contributed by atoms with Gasteiger partial charge in [-0.2, -0.15) is 0 Å². The van der Waals surface area contributed by atoms with Crippen molar-refractivity contribution in [3.63, 3.8) is 0 Å². The first kappa shape index (κ1) is 22.3. The van der Waals surface area contributed by atoms with Crippen LogP contribution in [0.15, 0.2) is 66.2 Å². The fraction of sp³-hybridized carbons (Fsp3) is 0.304. The minimum atomic E-state index is -1.82. The Hall–Kier alpha value is -2.96. The molecule has 29 heavy (non-hydrogen) atoms. The maximum atomic E-state index is 9.10. The zero-order valence-corrected chi connectivity index (χ0v) is 16.7. The molecule has 0 amide bonds. The van der Waals surface area contributed by atoms with Gasteiger partial charge in [0.25, 0.3) is 0 Å². The lowest BCUT2D eigenvalue weighted by atomic mass is 10.1. The fourth-order valence-corrected chi connectivity index (χ4v) is 3.18. The smallest absolute Gasteiger partial charge is 0.414 e. The number of hydrogen-bond donors (Lipinski definition) is 2. The highest BCUT2D eigenvalue weighted by atomic mass is 16.4. The molecule has 2 aromatic carbocycles. The van der Waals surface area contributed by atoms with E-state index < -0.39 is 11.9 Å². The fourth-order valence-electron chi connectivity index (χ4n) is 3.18. The summed E-state index contributed by atoms with van der Waals surface area (Å²) in [4.78, 5) is 23.3. The summed E-state index contributed by atoms with van der Waals surface area (Å²) in [5.41, 5.74) is 4.15. The van der Waals surface area contributed by atoms with Gasteiger partial charge in [-0.15, -0.1) is 0 Å². The summed E-state index contributed by atoms with van der Waals surface area (Å²) >= 11 is 0. The molecule has 1 saturated heterocycles. The molecular formula is C23H28N2O4. The molecule has 6 nitrogen and oxygen atoms in total. The third-order valence-electron chi connectivity index (χ3n) is 4.58. The van der Waals surface area contributed by atoms with Gasteiger partial charge < -0.3 is 10.2 Å². The Morgan fingerprint density at radius 3 is 1.83 bits per heavy atom. The summed E-state index contributed by atoms with van der Waals surface area (Å²) in [7, 11) is 0. The highest BCUT2D eigenvalue weighted by Crippen LogP contribution is 2.11. The van der Waals surface area contributed by atoms with E-state index in [1.54, 1.807) is 0 Å². The van der Waals surface area contributed by atoms with Crippen LogP contribution in [0.2, 0.25) is 0 Å². The molecule has 0 aliphatic carbocycles. The van der Waals surface area contributed by atoms with Gasteiger partial charge in [-0.05, 0) is 18.1 Å². The molecule has 0 bridgehead atoms. The molecule has 0 atom stereocenters. The lowest BCUT2D eigenvalue weighted by Crippen LogP contribution is -2.46. The minimum Gasteiger partial charge on any atom is -0.473 e. The van der Waals surface area contributed by atoms with Crippen LogP contribution >= 0.6 is 0 Å². The molecule has 2 N–H and O–H groups in total. The van der Waals surface area contributed by atoms with Crippen LogP contribution in [0.25, 0.3) is 6.08 Å². The number of hydrogen-bond acceptors (Lipinski definition) is 4. The second-order valence-electron chi connectivity index (χ2n) is 7.05. The van der Waals surface area contributed by atoms with Gasteiger partial charge >= 0.3 is 11.9 Å². The Kier molecular flexibility index (Phi) is 9.08. The molecule has 3 rings (SSSR count). The first-order chi connectivity index (χ1) is 13.9. The van der Waals surface area contributed by atoms with E-state index in [0.29, 0.717) is 0 Å². The molecule has 0 aromatic heterocycles. The Morgan fingerprint density at radius 1 is 0.828 bits per heavy atom. The number of benzene rings is 2. The van der Waals surface area contributed by atoms with Crippen LogP contribution in [0.5, 0.6) is 0 Å². The molecule has 2 aromatic rings. The number of carboxylic acids is 2. The third kappa shape index (κ3) is 8.72. The molecule has 1 fully saturated rings. The summed E-state index contributed by atoms with van der Waals surface area (Å²) in [5.74, 6) is -3.65. The van der Waals surface area contributed by atoms with E-state index in [1.165, 1.54) is 16.7 Å². The Morgan fingerprint density at radius 2 is 1.31 bits per heavy atom. The van der Waals surface area contributed by atoms with Crippen molar-refractivity contribution in [2.24, 2.45) is 0 Å². The third-order valence-corrected chi connectivity index (χ3v) is 4.58. The zero-order chi connectivity index (χ0) is 21.1. The van der Waals surface area contributed by atoms with E-state index in [9.17, 15) is 0 Å². The van der Waals surface area contributed by atoms with Crippen molar-refractivity contribution in [1.82, 2.24) is 9.80 Å². The maximum Gasteiger partial charge on any atom is 0.414 e. The Balaban J connectivity index is 0.000000438. The Labute approximate surface area is 171 Å². The maximum absolute atomic E-state index is 9.10. The molecular weight excluding hydrogens is 368 g/mol. The summed E-state index contributed by atoms with van der Waals surface area (Å²) in [5, 5.41) is 14.8. The van der Waals surface area contributed by atoms with Crippen LogP contribution < -0.4 is 0 Å². The van der Waals surface area contributed by atoms with Crippen LogP contribution in [0, 0.1) is 0 Å². The molecule has 0 spiro atoms. The molecule has 1 aliphatic heterocycles. The van der Waals surface area contributed by atoms with Crippen molar-refractivity contribution in [2.75, 3.05) is 32.7 Å². The van der Waals surface area contributed by atoms with E-state index in [0.717, 1.165) is 39.3 Å². The monoisotopic (exact) mass is 396 g/mol. The van der Waals surface area contributed by atoms with Gasteiger partial charge in [-0.1, -0.05) is 72.3 Å². The standard InChI is InChI=1S/C21H26N2.C2H2O4/c1-19(16-20-8-4-2-5-9-20)17-22-12-14-23(15-13-22)18-21-10-6-3-7-11-21;3-1(4)2(5)6/h2-11,16H,12-15,17-18H2,1H3;(H,3,4)(H,5,6)/b19-16+;. The average Bonchev–Trinajstić information content (AvgIpc) is 2.71. The van der Waals surface area contributed by atoms with Crippen LogP contribution in [0.1, 0.15) is 18.1 Å². The number of aliphatic carboxylic acids is 2. The molecule has 154 valence electrons. The average molecular weight is 396 g/mol. The topological polar surface area (TPSA) is 81.1 Å². The zero-order valence-electron chi connectivity index (χ0n) is 16.7. The molecule has 0 radical (unpaired) electrons. The second-order valence-corrected chi connectivity index (χ2v) is 7.05. The van der Waals surface area contributed by atoms with Crippen LogP contribution in [-0.4, -0.2) is 64.7 Å². The van der Waals surface area contributed by atoms with Gasteiger partial charge in [-0.3, -0.25) is 9.80 Å². The Bertz CT molecular complexity index is 786. The first-order valence-electron chi connectivity index (χ1n) is 9.61.